The third-order valence-corrected chi connectivity index (χ3v) is 6.59. The van der Waals surface area contributed by atoms with Gasteiger partial charge in [0, 0.05) is 31.2 Å². The highest BCUT2D eigenvalue weighted by Gasteiger charge is 2.25. The lowest BCUT2D eigenvalue weighted by Crippen LogP contribution is -2.39. The molecule has 168 valence electrons. The molecule has 9 heteroatoms. The van der Waals surface area contributed by atoms with Gasteiger partial charge in [0.05, 0.1) is 29.0 Å². The number of hydrogen-bond acceptors (Lipinski definition) is 6. The molecule has 0 saturated carbocycles. The summed E-state index contributed by atoms with van der Waals surface area (Å²) in [6.45, 7) is 10.6. The molecule has 0 radical (unpaired) electrons. The lowest BCUT2D eigenvalue weighted by molar-refractivity contribution is 0.0376. The van der Waals surface area contributed by atoms with Crippen LogP contribution in [-0.4, -0.2) is 55.2 Å². The number of furan rings is 1. The van der Waals surface area contributed by atoms with E-state index in [1.807, 2.05) is 39.0 Å². The SMILES string of the molecule is Cc1cc(C(=O)N(CCCN2CCOCC2)c2nc3c(C)cc(Cl)cc3s2)c(C)o1.Cl. The molecule has 0 spiro atoms. The average Bonchev–Trinajstić information content (AvgIpc) is 3.28. The normalized spacial score (nSPS) is 14.6. The molecule has 3 aromatic rings. The Bertz CT molecular complexity index is 1060. The highest BCUT2D eigenvalue weighted by atomic mass is 35.5. The van der Waals surface area contributed by atoms with Crippen LogP contribution in [0.15, 0.2) is 22.6 Å². The molecular weight excluding hydrogens is 457 g/mol. The fourth-order valence-electron chi connectivity index (χ4n) is 3.81. The molecular formula is C22H27Cl2N3O3S. The third-order valence-electron chi connectivity index (χ3n) is 5.35. The van der Waals surface area contributed by atoms with E-state index in [4.69, 9.17) is 25.7 Å². The number of ether oxygens (including phenoxy) is 1. The lowest BCUT2D eigenvalue weighted by atomic mass is 10.2. The summed E-state index contributed by atoms with van der Waals surface area (Å²) in [7, 11) is 0. The Balaban J connectivity index is 0.00000272. The number of aryl methyl sites for hydroxylation is 3. The minimum absolute atomic E-state index is 0. The Kier molecular flexibility index (Phi) is 7.99. The minimum Gasteiger partial charge on any atom is -0.466 e. The van der Waals surface area contributed by atoms with Gasteiger partial charge in [0.15, 0.2) is 5.13 Å². The molecule has 1 saturated heterocycles. The van der Waals surface area contributed by atoms with Gasteiger partial charge in [0.2, 0.25) is 0 Å². The summed E-state index contributed by atoms with van der Waals surface area (Å²) in [5.41, 5.74) is 2.49. The van der Waals surface area contributed by atoms with Crippen LogP contribution in [0.4, 0.5) is 5.13 Å². The van der Waals surface area contributed by atoms with Crippen molar-refractivity contribution in [1.29, 1.82) is 0 Å². The van der Waals surface area contributed by atoms with Crippen molar-refractivity contribution in [3.05, 3.63) is 45.9 Å². The van der Waals surface area contributed by atoms with Gasteiger partial charge in [-0.25, -0.2) is 4.98 Å². The molecule has 1 fully saturated rings. The summed E-state index contributed by atoms with van der Waals surface area (Å²) >= 11 is 7.74. The van der Waals surface area contributed by atoms with Crippen molar-refractivity contribution in [2.45, 2.75) is 27.2 Å². The van der Waals surface area contributed by atoms with E-state index in [1.165, 1.54) is 11.3 Å². The van der Waals surface area contributed by atoms with Crippen molar-refractivity contribution in [1.82, 2.24) is 9.88 Å². The Morgan fingerprint density at radius 1 is 1.23 bits per heavy atom. The largest absolute Gasteiger partial charge is 0.466 e. The predicted octanol–water partition coefficient (Wildman–Crippen LogP) is 5.26. The first-order chi connectivity index (χ1) is 14.4. The number of anilines is 1. The van der Waals surface area contributed by atoms with Gasteiger partial charge in [-0.2, -0.15) is 0 Å². The molecule has 0 N–H and O–H groups in total. The first kappa shape index (κ1) is 24.0. The fraction of sp³-hybridized carbons (Fsp3) is 0.455. The van der Waals surface area contributed by atoms with Gasteiger partial charge in [-0.15, -0.1) is 12.4 Å². The van der Waals surface area contributed by atoms with Crippen molar-refractivity contribution in [3.8, 4) is 0 Å². The number of benzene rings is 1. The molecule has 0 atom stereocenters. The molecule has 31 heavy (non-hydrogen) atoms. The van der Waals surface area contributed by atoms with Gasteiger partial charge in [-0.1, -0.05) is 22.9 Å². The standard InChI is InChI=1S/C22H26ClN3O3S.ClH/c1-14-11-17(23)13-19-20(14)24-22(30-19)26(6-4-5-25-7-9-28-10-8-25)21(27)18-12-15(2)29-16(18)3;/h11-13H,4-10H2,1-3H3;1H. The highest BCUT2D eigenvalue weighted by molar-refractivity contribution is 7.22. The molecule has 1 amide bonds. The van der Waals surface area contributed by atoms with E-state index in [0.717, 1.165) is 60.8 Å². The van der Waals surface area contributed by atoms with Gasteiger partial charge in [0.25, 0.3) is 5.91 Å². The second kappa shape index (κ2) is 10.3. The van der Waals surface area contributed by atoms with Crippen LogP contribution in [0.1, 0.15) is 33.9 Å². The lowest BCUT2D eigenvalue weighted by Gasteiger charge is -2.27. The first-order valence-corrected chi connectivity index (χ1v) is 11.4. The number of carbonyl (C=O) groups excluding carboxylic acids is 1. The third kappa shape index (κ3) is 5.41. The number of fused-ring (bicyclic) bond motifs is 1. The molecule has 3 heterocycles. The maximum Gasteiger partial charge on any atom is 0.263 e. The molecule has 1 aliphatic heterocycles. The highest BCUT2D eigenvalue weighted by Crippen LogP contribution is 2.34. The molecule has 2 aromatic heterocycles. The first-order valence-electron chi connectivity index (χ1n) is 10.2. The van der Waals surface area contributed by atoms with Crippen molar-refractivity contribution in [3.63, 3.8) is 0 Å². The van der Waals surface area contributed by atoms with Gasteiger partial charge >= 0.3 is 0 Å². The van der Waals surface area contributed by atoms with Crippen LogP contribution in [0, 0.1) is 20.8 Å². The summed E-state index contributed by atoms with van der Waals surface area (Å²) in [6.07, 6.45) is 0.858. The summed E-state index contributed by atoms with van der Waals surface area (Å²) in [4.78, 5) is 22.4. The van der Waals surface area contributed by atoms with Gasteiger partial charge in [-0.05, 0) is 51.0 Å². The van der Waals surface area contributed by atoms with Crippen molar-refractivity contribution in [2.24, 2.45) is 0 Å². The Labute approximate surface area is 197 Å². The van der Waals surface area contributed by atoms with Crippen LogP contribution in [0.5, 0.6) is 0 Å². The number of thiazole rings is 1. The number of amides is 1. The van der Waals surface area contributed by atoms with Crippen LogP contribution in [0.25, 0.3) is 10.2 Å². The van der Waals surface area contributed by atoms with Gasteiger partial charge in [0.1, 0.15) is 11.5 Å². The summed E-state index contributed by atoms with van der Waals surface area (Å²) in [5.74, 6) is 1.29. The molecule has 1 aromatic carbocycles. The quantitative estimate of drug-likeness (QED) is 0.478. The van der Waals surface area contributed by atoms with E-state index in [0.29, 0.717) is 28.0 Å². The number of aromatic nitrogens is 1. The molecule has 1 aliphatic rings. The van der Waals surface area contributed by atoms with Crippen LogP contribution in [-0.2, 0) is 4.74 Å². The fourth-order valence-corrected chi connectivity index (χ4v) is 5.25. The maximum absolute atomic E-state index is 13.5. The van der Waals surface area contributed by atoms with Crippen LogP contribution in [0.2, 0.25) is 5.02 Å². The minimum atomic E-state index is -0.0749. The zero-order valence-corrected chi connectivity index (χ0v) is 20.3. The van der Waals surface area contributed by atoms with E-state index in [9.17, 15) is 4.79 Å². The number of nitrogens with zero attached hydrogens (tertiary/aromatic N) is 3. The van der Waals surface area contributed by atoms with E-state index < -0.39 is 0 Å². The van der Waals surface area contributed by atoms with Crippen LogP contribution < -0.4 is 4.90 Å². The van der Waals surface area contributed by atoms with Gasteiger partial charge < -0.3 is 9.15 Å². The van der Waals surface area contributed by atoms with Crippen LogP contribution in [0.3, 0.4) is 0 Å². The smallest absolute Gasteiger partial charge is 0.263 e. The van der Waals surface area contributed by atoms with Crippen molar-refractivity contribution in [2.75, 3.05) is 44.3 Å². The topological polar surface area (TPSA) is 58.8 Å². The molecule has 0 bridgehead atoms. The summed E-state index contributed by atoms with van der Waals surface area (Å²) < 4.78 is 12.0. The number of hydrogen-bond donors (Lipinski definition) is 0. The Hall–Kier alpha value is -1.64. The molecule has 6 nitrogen and oxygen atoms in total. The van der Waals surface area contributed by atoms with E-state index in [2.05, 4.69) is 4.90 Å². The maximum atomic E-state index is 13.5. The second-order valence-corrected chi connectivity index (χ2v) is 9.10. The number of rotatable bonds is 6. The van der Waals surface area contributed by atoms with E-state index in [-0.39, 0.29) is 18.3 Å². The molecule has 0 unspecified atom stereocenters. The Morgan fingerprint density at radius 2 is 1.97 bits per heavy atom. The number of halogens is 2. The van der Waals surface area contributed by atoms with Crippen molar-refractivity contribution >= 4 is 56.6 Å². The zero-order chi connectivity index (χ0) is 21.3. The Morgan fingerprint density at radius 3 is 2.65 bits per heavy atom. The average molecular weight is 484 g/mol. The molecule has 4 rings (SSSR count). The van der Waals surface area contributed by atoms with Gasteiger partial charge in [-0.3, -0.25) is 14.6 Å². The number of carbonyl (C=O) groups is 1. The van der Waals surface area contributed by atoms with Crippen LogP contribution >= 0.6 is 35.3 Å². The number of morpholine rings is 1. The monoisotopic (exact) mass is 483 g/mol. The van der Waals surface area contributed by atoms with E-state index >= 15 is 0 Å². The zero-order valence-electron chi connectivity index (χ0n) is 17.9. The van der Waals surface area contributed by atoms with Crippen molar-refractivity contribution < 1.29 is 13.9 Å². The summed E-state index contributed by atoms with van der Waals surface area (Å²) in [6, 6.07) is 5.62. The second-order valence-electron chi connectivity index (χ2n) is 7.66. The predicted molar refractivity (Wildman–Crippen MR) is 128 cm³/mol. The van der Waals surface area contributed by atoms with E-state index in [1.54, 1.807) is 4.90 Å². The molecule has 0 aliphatic carbocycles. The summed E-state index contributed by atoms with van der Waals surface area (Å²) in [5, 5.41) is 1.38.